The number of anilines is 1. The van der Waals surface area contributed by atoms with E-state index >= 15 is 0 Å². The quantitative estimate of drug-likeness (QED) is 0.477. The first-order chi connectivity index (χ1) is 15.1. The highest BCUT2D eigenvalue weighted by atomic mass is 19.1. The lowest BCUT2D eigenvalue weighted by molar-refractivity contribution is 0.0988. The number of aromatic nitrogens is 2. The van der Waals surface area contributed by atoms with Crippen molar-refractivity contribution in [3.8, 4) is 17.0 Å². The standard InChI is InChI=1S/C25H22FN3O2/c1-29(24(30)20-10-6-7-11-21(20)26)25-27-22(16-17-8-4-3-5-9-17)23(28-25)18-12-14-19(31-2)15-13-18/h3-15H,16H2,1-2H3,(H,27,28). The highest BCUT2D eigenvalue weighted by molar-refractivity contribution is 6.05. The fraction of sp³-hybridized carbons (Fsp3) is 0.120. The molecule has 0 atom stereocenters. The number of benzene rings is 3. The number of amides is 1. The Kier molecular flexibility index (Phi) is 5.80. The molecule has 0 fully saturated rings. The van der Waals surface area contributed by atoms with Gasteiger partial charge in [-0.25, -0.2) is 9.37 Å². The number of nitrogens with zero attached hydrogens (tertiary/aromatic N) is 2. The average Bonchev–Trinajstić information content (AvgIpc) is 3.23. The zero-order valence-electron chi connectivity index (χ0n) is 17.3. The Morgan fingerprint density at radius 2 is 1.68 bits per heavy atom. The van der Waals surface area contributed by atoms with Gasteiger partial charge in [0.1, 0.15) is 11.6 Å². The number of H-pyrrole nitrogens is 1. The molecular formula is C25H22FN3O2. The fourth-order valence-corrected chi connectivity index (χ4v) is 3.38. The summed E-state index contributed by atoms with van der Waals surface area (Å²) in [6.45, 7) is 0. The van der Waals surface area contributed by atoms with Crippen molar-refractivity contribution >= 4 is 11.9 Å². The number of methoxy groups -OCH3 is 1. The largest absolute Gasteiger partial charge is 0.497 e. The van der Waals surface area contributed by atoms with E-state index in [1.165, 1.54) is 17.0 Å². The van der Waals surface area contributed by atoms with Crippen molar-refractivity contribution in [1.82, 2.24) is 9.97 Å². The van der Waals surface area contributed by atoms with Crippen LogP contribution in [0.5, 0.6) is 5.75 Å². The third-order valence-electron chi connectivity index (χ3n) is 5.08. The number of imidazole rings is 1. The highest BCUT2D eigenvalue weighted by Crippen LogP contribution is 2.28. The summed E-state index contributed by atoms with van der Waals surface area (Å²) in [6.07, 6.45) is 0.608. The summed E-state index contributed by atoms with van der Waals surface area (Å²) in [6, 6.07) is 23.5. The van der Waals surface area contributed by atoms with Gasteiger partial charge < -0.3 is 9.72 Å². The van der Waals surface area contributed by atoms with Gasteiger partial charge in [0.15, 0.2) is 0 Å². The molecule has 0 aliphatic heterocycles. The fourth-order valence-electron chi connectivity index (χ4n) is 3.38. The monoisotopic (exact) mass is 415 g/mol. The van der Waals surface area contributed by atoms with E-state index < -0.39 is 11.7 Å². The molecule has 4 aromatic rings. The van der Waals surface area contributed by atoms with E-state index in [1.54, 1.807) is 26.3 Å². The van der Waals surface area contributed by atoms with Gasteiger partial charge in [-0.05, 0) is 42.0 Å². The van der Waals surface area contributed by atoms with Gasteiger partial charge in [0.25, 0.3) is 5.91 Å². The predicted molar refractivity (Wildman–Crippen MR) is 119 cm³/mol. The van der Waals surface area contributed by atoms with E-state index in [9.17, 15) is 9.18 Å². The third-order valence-corrected chi connectivity index (χ3v) is 5.08. The second-order valence-electron chi connectivity index (χ2n) is 7.12. The molecule has 3 aromatic carbocycles. The minimum Gasteiger partial charge on any atom is -0.497 e. The number of hydrogen-bond acceptors (Lipinski definition) is 3. The van der Waals surface area contributed by atoms with Gasteiger partial charge in [0.2, 0.25) is 5.95 Å². The summed E-state index contributed by atoms with van der Waals surface area (Å²) in [5.41, 5.74) is 3.59. The minimum atomic E-state index is -0.564. The van der Waals surface area contributed by atoms with E-state index in [0.717, 1.165) is 28.3 Å². The van der Waals surface area contributed by atoms with Crippen LogP contribution in [0.3, 0.4) is 0 Å². The number of carbonyl (C=O) groups excluding carboxylic acids is 1. The average molecular weight is 415 g/mol. The molecule has 1 N–H and O–H groups in total. The molecule has 1 heterocycles. The van der Waals surface area contributed by atoms with Crippen LogP contribution in [0.25, 0.3) is 11.3 Å². The van der Waals surface area contributed by atoms with Gasteiger partial charge in [0.05, 0.1) is 18.4 Å². The normalized spacial score (nSPS) is 10.7. The second kappa shape index (κ2) is 8.83. The number of hydrogen-bond donors (Lipinski definition) is 1. The number of aromatic amines is 1. The zero-order valence-corrected chi connectivity index (χ0v) is 17.3. The molecule has 1 amide bonds. The van der Waals surface area contributed by atoms with Crippen LogP contribution in [0.2, 0.25) is 0 Å². The summed E-state index contributed by atoms with van der Waals surface area (Å²) in [7, 11) is 3.20. The van der Waals surface area contributed by atoms with Gasteiger partial charge in [-0.1, -0.05) is 42.5 Å². The van der Waals surface area contributed by atoms with Crippen molar-refractivity contribution in [2.75, 3.05) is 19.1 Å². The molecule has 0 aliphatic rings. The molecule has 5 nitrogen and oxygen atoms in total. The predicted octanol–water partition coefficient (Wildman–Crippen LogP) is 5.09. The number of nitrogens with one attached hydrogen (secondary N) is 1. The maximum absolute atomic E-state index is 14.1. The van der Waals surface area contributed by atoms with Crippen LogP contribution >= 0.6 is 0 Å². The summed E-state index contributed by atoms with van der Waals surface area (Å²) >= 11 is 0. The SMILES string of the molecule is COc1ccc(-c2nc(N(C)C(=O)c3ccccc3F)[nH]c2Cc2ccccc2)cc1. The zero-order chi connectivity index (χ0) is 21.8. The highest BCUT2D eigenvalue weighted by Gasteiger charge is 2.22. The molecule has 0 saturated carbocycles. The summed E-state index contributed by atoms with van der Waals surface area (Å²) in [5.74, 6) is 0.0613. The molecule has 0 bridgehead atoms. The first kappa shape index (κ1) is 20.3. The first-order valence-corrected chi connectivity index (χ1v) is 9.86. The van der Waals surface area contributed by atoms with Gasteiger partial charge in [-0.15, -0.1) is 0 Å². The smallest absolute Gasteiger partial charge is 0.263 e. The Balaban J connectivity index is 1.73. The maximum atomic E-state index is 14.1. The molecular weight excluding hydrogens is 393 g/mol. The molecule has 31 heavy (non-hydrogen) atoms. The van der Waals surface area contributed by atoms with E-state index in [-0.39, 0.29) is 5.56 Å². The third kappa shape index (κ3) is 4.33. The van der Waals surface area contributed by atoms with Gasteiger partial charge in [0, 0.05) is 24.7 Å². The summed E-state index contributed by atoms with van der Waals surface area (Å²) in [4.78, 5) is 22.2. The van der Waals surface area contributed by atoms with Crippen molar-refractivity contribution in [2.24, 2.45) is 0 Å². The van der Waals surface area contributed by atoms with Crippen LogP contribution < -0.4 is 9.64 Å². The van der Waals surface area contributed by atoms with E-state index in [2.05, 4.69) is 4.98 Å². The molecule has 0 radical (unpaired) electrons. The topological polar surface area (TPSA) is 58.2 Å². The van der Waals surface area contributed by atoms with Gasteiger partial charge >= 0.3 is 0 Å². The summed E-state index contributed by atoms with van der Waals surface area (Å²) < 4.78 is 19.4. The van der Waals surface area contributed by atoms with Gasteiger partial charge in [-0.2, -0.15) is 0 Å². The number of rotatable bonds is 6. The maximum Gasteiger partial charge on any atom is 0.263 e. The Labute approximate surface area is 180 Å². The van der Waals surface area contributed by atoms with Gasteiger partial charge in [-0.3, -0.25) is 9.69 Å². The minimum absolute atomic E-state index is 0.00277. The lowest BCUT2D eigenvalue weighted by atomic mass is 10.0. The Bertz CT molecular complexity index is 1190. The Morgan fingerprint density at radius 1 is 1.00 bits per heavy atom. The number of halogens is 1. The second-order valence-corrected chi connectivity index (χ2v) is 7.12. The number of carbonyl (C=O) groups is 1. The lowest BCUT2D eigenvalue weighted by Crippen LogP contribution is -2.28. The van der Waals surface area contributed by atoms with E-state index in [4.69, 9.17) is 9.72 Å². The Morgan fingerprint density at radius 3 is 2.35 bits per heavy atom. The molecule has 0 saturated heterocycles. The van der Waals surface area contributed by atoms with Crippen molar-refractivity contribution in [3.05, 3.63) is 102 Å². The molecule has 156 valence electrons. The number of ether oxygens (including phenoxy) is 1. The van der Waals surface area contributed by atoms with Crippen LogP contribution in [0.15, 0.2) is 78.9 Å². The molecule has 0 aliphatic carbocycles. The van der Waals surface area contributed by atoms with Crippen molar-refractivity contribution in [1.29, 1.82) is 0 Å². The molecule has 6 heteroatoms. The van der Waals surface area contributed by atoms with E-state index in [1.807, 2.05) is 54.6 Å². The van der Waals surface area contributed by atoms with Crippen LogP contribution in [0.4, 0.5) is 10.3 Å². The van der Waals surface area contributed by atoms with Crippen molar-refractivity contribution in [3.63, 3.8) is 0 Å². The summed E-state index contributed by atoms with van der Waals surface area (Å²) in [5, 5.41) is 0. The van der Waals surface area contributed by atoms with E-state index in [0.29, 0.717) is 12.4 Å². The van der Waals surface area contributed by atoms with Crippen LogP contribution in [0, 0.1) is 5.82 Å². The van der Waals surface area contributed by atoms with Crippen molar-refractivity contribution in [2.45, 2.75) is 6.42 Å². The van der Waals surface area contributed by atoms with Crippen molar-refractivity contribution < 1.29 is 13.9 Å². The Hall–Kier alpha value is -3.93. The lowest BCUT2D eigenvalue weighted by Gasteiger charge is -2.14. The molecule has 0 unspecified atom stereocenters. The molecule has 0 spiro atoms. The van der Waals surface area contributed by atoms with Crippen LogP contribution in [-0.2, 0) is 6.42 Å². The van der Waals surface area contributed by atoms with Crippen LogP contribution in [-0.4, -0.2) is 30.0 Å². The first-order valence-electron chi connectivity index (χ1n) is 9.86. The molecule has 1 aromatic heterocycles. The molecule has 4 rings (SSSR count). The van der Waals surface area contributed by atoms with Crippen LogP contribution in [0.1, 0.15) is 21.6 Å².